The number of hydrogen-bond acceptors (Lipinski definition) is 3. The molecule has 0 aromatic rings. The van der Waals surface area contributed by atoms with Gasteiger partial charge in [-0.3, -0.25) is 4.79 Å². The first-order valence-electron chi connectivity index (χ1n) is 4.95. The van der Waals surface area contributed by atoms with Crippen LogP contribution in [0.3, 0.4) is 0 Å². The van der Waals surface area contributed by atoms with E-state index in [-0.39, 0.29) is 5.97 Å². The third kappa shape index (κ3) is 7.78. The molecule has 0 aliphatic carbocycles. The van der Waals surface area contributed by atoms with Gasteiger partial charge in [0.2, 0.25) is 0 Å². The van der Waals surface area contributed by atoms with Gasteiger partial charge in [-0.1, -0.05) is 13.8 Å². The molecule has 0 radical (unpaired) electrons. The van der Waals surface area contributed by atoms with Crippen molar-refractivity contribution in [3.05, 3.63) is 0 Å². The Hall–Kier alpha value is -0.570. The minimum atomic E-state index is -0.168. The smallest absolute Gasteiger partial charge is 0.319 e. The van der Waals surface area contributed by atoms with Crippen LogP contribution in [0.5, 0.6) is 0 Å². The number of nitrogens with one attached hydrogen (secondary N) is 1. The van der Waals surface area contributed by atoms with Crippen molar-refractivity contribution in [2.24, 2.45) is 5.92 Å². The first-order valence-corrected chi connectivity index (χ1v) is 4.95. The number of rotatable bonds is 6. The van der Waals surface area contributed by atoms with E-state index >= 15 is 0 Å². The maximum Gasteiger partial charge on any atom is 0.319 e. The van der Waals surface area contributed by atoms with Crippen molar-refractivity contribution >= 4 is 5.97 Å². The molecule has 13 heavy (non-hydrogen) atoms. The summed E-state index contributed by atoms with van der Waals surface area (Å²) < 4.78 is 4.80. The molecule has 3 nitrogen and oxygen atoms in total. The third-order valence-electron chi connectivity index (χ3n) is 1.73. The van der Waals surface area contributed by atoms with Crippen LogP contribution in [-0.2, 0) is 9.53 Å². The minimum absolute atomic E-state index is 0.168. The summed E-state index contributed by atoms with van der Waals surface area (Å²) in [6, 6.07) is 0.379. The van der Waals surface area contributed by atoms with Gasteiger partial charge in [-0.2, -0.15) is 0 Å². The average Bonchev–Trinajstić information content (AvgIpc) is 2.00. The number of esters is 1. The molecule has 78 valence electrons. The highest BCUT2D eigenvalue weighted by atomic mass is 16.5. The van der Waals surface area contributed by atoms with E-state index in [0.717, 1.165) is 6.42 Å². The normalized spacial score (nSPS) is 13.0. The molecular formula is C10H21NO2. The zero-order valence-corrected chi connectivity index (χ0v) is 9.09. The predicted molar refractivity (Wildman–Crippen MR) is 53.6 cm³/mol. The second kappa shape index (κ2) is 6.89. The second-order valence-electron chi connectivity index (χ2n) is 3.72. The molecule has 0 saturated carbocycles. The van der Waals surface area contributed by atoms with Crippen molar-refractivity contribution in [2.45, 2.75) is 40.2 Å². The molecule has 0 heterocycles. The first-order chi connectivity index (χ1) is 6.06. The van der Waals surface area contributed by atoms with Crippen LogP contribution in [0.1, 0.15) is 34.1 Å². The number of carbonyl (C=O) groups excluding carboxylic acids is 1. The monoisotopic (exact) mass is 187 g/mol. The molecule has 0 aromatic heterocycles. The van der Waals surface area contributed by atoms with Gasteiger partial charge in [-0.15, -0.1) is 0 Å². The fraction of sp³-hybridized carbons (Fsp3) is 0.900. The summed E-state index contributed by atoms with van der Waals surface area (Å²) in [5, 5.41) is 3.12. The average molecular weight is 187 g/mol. The fourth-order valence-corrected chi connectivity index (χ4v) is 1.26. The Kier molecular flexibility index (Phi) is 6.59. The lowest BCUT2D eigenvalue weighted by Crippen LogP contribution is -2.33. The van der Waals surface area contributed by atoms with E-state index in [9.17, 15) is 4.79 Å². The molecule has 0 spiro atoms. The second-order valence-corrected chi connectivity index (χ2v) is 3.72. The Morgan fingerprint density at radius 1 is 1.38 bits per heavy atom. The molecule has 1 atom stereocenters. The molecule has 3 heteroatoms. The van der Waals surface area contributed by atoms with Crippen molar-refractivity contribution in [3.8, 4) is 0 Å². The summed E-state index contributed by atoms with van der Waals surface area (Å²) in [6.07, 6.45) is 1.08. The molecule has 0 fully saturated rings. The Labute approximate surface area is 80.8 Å². The highest BCUT2D eigenvalue weighted by molar-refractivity contribution is 5.71. The van der Waals surface area contributed by atoms with Crippen LogP contribution in [-0.4, -0.2) is 25.2 Å². The fourth-order valence-electron chi connectivity index (χ4n) is 1.26. The van der Waals surface area contributed by atoms with Crippen LogP contribution in [0, 0.1) is 5.92 Å². The Morgan fingerprint density at radius 2 is 2.00 bits per heavy atom. The summed E-state index contributed by atoms with van der Waals surface area (Å²) in [6.45, 7) is 9.01. The molecule has 0 aromatic carbocycles. The van der Waals surface area contributed by atoms with Crippen molar-refractivity contribution in [3.63, 3.8) is 0 Å². The van der Waals surface area contributed by atoms with Gasteiger partial charge in [0, 0.05) is 6.04 Å². The molecule has 0 aliphatic heterocycles. The van der Waals surface area contributed by atoms with E-state index in [1.54, 1.807) is 0 Å². The number of hydrogen-bond donors (Lipinski definition) is 1. The molecule has 0 amide bonds. The lowest BCUT2D eigenvalue weighted by atomic mass is 10.1. The van der Waals surface area contributed by atoms with Crippen molar-refractivity contribution in [1.82, 2.24) is 5.32 Å². The minimum Gasteiger partial charge on any atom is -0.465 e. The Bertz CT molecular complexity index is 146. The molecule has 0 bridgehead atoms. The largest absolute Gasteiger partial charge is 0.465 e. The third-order valence-corrected chi connectivity index (χ3v) is 1.73. The topological polar surface area (TPSA) is 38.3 Å². The van der Waals surface area contributed by atoms with E-state index in [0.29, 0.717) is 25.1 Å². The van der Waals surface area contributed by atoms with Gasteiger partial charge in [-0.25, -0.2) is 0 Å². The Morgan fingerprint density at radius 3 is 2.46 bits per heavy atom. The SMILES string of the molecule is CCOC(=O)CNC(C)CC(C)C. The molecular weight excluding hydrogens is 166 g/mol. The first kappa shape index (κ1) is 12.4. The van der Waals surface area contributed by atoms with Gasteiger partial charge in [0.15, 0.2) is 0 Å². The van der Waals surface area contributed by atoms with Crippen molar-refractivity contribution < 1.29 is 9.53 Å². The summed E-state index contributed by atoms with van der Waals surface area (Å²) >= 11 is 0. The van der Waals surface area contributed by atoms with Crippen LogP contribution in [0.25, 0.3) is 0 Å². The van der Waals surface area contributed by atoms with Crippen LogP contribution >= 0.6 is 0 Å². The van der Waals surface area contributed by atoms with E-state index in [4.69, 9.17) is 4.74 Å². The summed E-state index contributed by atoms with van der Waals surface area (Å²) in [5.74, 6) is 0.489. The van der Waals surface area contributed by atoms with Crippen LogP contribution < -0.4 is 5.32 Å². The number of ether oxygens (including phenoxy) is 1. The summed E-state index contributed by atoms with van der Waals surface area (Å²) in [7, 11) is 0. The van der Waals surface area contributed by atoms with E-state index in [1.807, 2.05) is 6.92 Å². The van der Waals surface area contributed by atoms with Gasteiger partial charge in [0.25, 0.3) is 0 Å². The lowest BCUT2D eigenvalue weighted by molar-refractivity contribution is -0.142. The molecule has 0 aliphatic rings. The van der Waals surface area contributed by atoms with Gasteiger partial charge in [0.05, 0.1) is 13.2 Å². The summed E-state index contributed by atoms with van der Waals surface area (Å²) in [5.41, 5.74) is 0. The molecule has 1 N–H and O–H groups in total. The maximum absolute atomic E-state index is 10.9. The predicted octanol–water partition coefficient (Wildman–Crippen LogP) is 1.57. The van der Waals surface area contributed by atoms with Crippen LogP contribution in [0.4, 0.5) is 0 Å². The van der Waals surface area contributed by atoms with Crippen LogP contribution in [0.2, 0.25) is 0 Å². The Balaban J connectivity index is 3.45. The molecule has 0 saturated heterocycles. The van der Waals surface area contributed by atoms with E-state index in [2.05, 4.69) is 26.1 Å². The quantitative estimate of drug-likeness (QED) is 0.641. The number of carbonyl (C=O) groups is 1. The van der Waals surface area contributed by atoms with Gasteiger partial charge >= 0.3 is 5.97 Å². The van der Waals surface area contributed by atoms with E-state index < -0.39 is 0 Å². The zero-order valence-electron chi connectivity index (χ0n) is 9.09. The zero-order chi connectivity index (χ0) is 10.3. The van der Waals surface area contributed by atoms with E-state index in [1.165, 1.54) is 0 Å². The summed E-state index contributed by atoms with van der Waals surface area (Å²) in [4.78, 5) is 10.9. The van der Waals surface area contributed by atoms with Gasteiger partial charge in [0.1, 0.15) is 0 Å². The van der Waals surface area contributed by atoms with Gasteiger partial charge < -0.3 is 10.1 Å². The molecule has 0 rings (SSSR count). The van der Waals surface area contributed by atoms with Crippen LogP contribution in [0.15, 0.2) is 0 Å². The molecule has 1 unspecified atom stereocenters. The highest BCUT2D eigenvalue weighted by Gasteiger charge is 2.07. The lowest BCUT2D eigenvalue weighted by Gasteiger charge is -2.14. The van der Waals surface area contributed by atoms with Crippen molar-refractivity contribution in [2.75, 3.05) is 13.2 Å². The standard InChI is InChI=1S/C10H21NO2/c1-5-13-10(12)7-11-9(4)6-8(2)3/h8-9,11H,5-7H2,1-4H3. The highest BCUT2D eigenvalue weighted by Crippen LogP contribution is 2.03. The maximum atomic E-state index is 10.9. The van der Waals surface area contributed by atoms with Gasteiger partial charge in [-0.05, 0) is 26.2 Å². The van der Waals surface area contributed by atoms with Crippen molar-refractivity contribution in [1.29, 1.82) is 0 Å².